The van der Waals surface area contributed by atoms with Crippen molar-refractivity contribution < 1.29 is 0 Å². The molecule has 86 valence electrons. The summed E-state index contributed by atoms with van der Waals surface area (Å²) in [7, 11) is 0. The minimum absolute atomic E-state index is 0.673. The Kier molecular flexibility index (Phi) is 5.32. The molecule has 1 aromatic heterocycles. The van der Waals surface area contributed by atoms with Crippen LogP contribution >= 0.6 is 0 Å². The Morgan fingerprint density at radius 2 is 2.27 bits per heavy atom. The van der Waals surface area contributed by atoms with Gasteiger partial charge in [-0.3, -0.25) is 4.68 Å². The van der Waals surface area contributed by atoms with Gasteiger partial charge in [-0.2, -0.15) is 5.10 Å². The van der Waals surface area contributed by atoms with Gasteiger partial charge in [-0.1, -0.05) is 27.2 Å². The molecule has 0 aromatic carbocycles. The summed E-state index contributed by atoms with van der Waals surface area (Å²) in [6.45, 7) is 9.34. The van der Waals surface area contributed by atoms with Crippen LogP contribution in [0.2, 0.25) is 0 Å². The summed E-state index contributed by atoms with van der Waals surface area (Å²) < 4.78 is 1.93. The maximum absolute atomic E-state index is 4.39. The standard InChI is InChI=1S/C11H22N4/c1-4-5-6-15-9-13-11(14-15)8-12-7-10(2)3/h9-10,12H,4-8H2,1-3H3. The largest absolute Gasteiger partial charge is 0.310 e. The Morgan fingerprint density at radius 1 is 1.47 bits per heavy atom. The van der Waals surface area contributed by atoms with Crippen molar-refractivity contribution in [1.29, 1.82) is 0 Å². The van der Waals surface area contributed by atoms with Crippen molar-refractivity contribution >= 4 is 0 Å². The lowest BCUT2D eigenvalue weighted by Crippen LogP contribution is -2.19. The van der Waals surface area contributed by atoms with Crippen LogP contribution in [-0.2, 0) is 13.1 Å². The highest BCUT2D eigenvalue weighted by molar-refractivity contribution is 4.80. The molecule has 0 aliphatic heterocycles. The maximum Gasteiger partial charge on any atom is 0.164 e. The minimum atomic E-state index is 0.673. The third-order valence-electron chi connectivity index (χ3n) is 2.16. The van der Waals surface area contributed by atoms with Crippen LogP contribution in [0.1, 0.15) is 39.4 Å². The van der Waals surface area contributed by atoms with Crippen LogP contribution in [0, 0.1) is 5.92 Å². The lowest BCUT2D eigenvalue weighted by atomic mass is 10.2. The van der Waals surface area contributed by atoms with Gasteiger partial charge in [0.05, 0.1) is 6.54 Å². The van der Waals surface area contributed by atoms with Crippen molar-refractivity contribution in [3.05, 3.63) is 12.2 Å². The topological polar surface area (TPSA) is 42.7 Å². The lowest BCUT2D eigenvalue weighted by Gasteiger charge is -2.04. The number of hydrogen-bond acceptors (Lipinski definition) is 3. The molecule has 1 aromatic rings. The SMILES string of the molecule is CCCCn1cnc(CNCC(C)C)n1. The third kappa shape index (κ3) is 4.93. The Bertz CT molecular complexity index is 267. The van der Waals surface area contributed by atoms with E-state index in [9.17, 15) is 0 Å². The van der Waals surface area contributed by atoms with Gasteiger partial charge < -0.3 is 5.32 Å². The molecule has 1 N–H and O–H groups in total. The van der Waals surface area contributed by atoms with E-state index < -0.39 is 0 Å². The summed E-state index contributed by atoms with van der Waals surface area (Å²) in [5.74, 6) is 1.57. The number of nitrogens with one attached hydrogen (secondary N) is 1. The molecule has 0 atom stereocenters. The molecule has 1 heterocycles. The summed E-state index contributed by atoms with van der Waals surface area (Å²) in [5.41, 5.74) is 0. The molecular weight excluding hydrogens is 188 g/mol. The van der Waals surface area contributed by atoms with Crippen LogP contribution in [0.15, 0.2) is 6.33 Å². The molecule has 0 bridgehead atoms. The van der Waals surface area contributed by atoms with Crippen LogP contribution < -0.4 is 5.32 Å². The van der Waals surface area contributed by atoms with Crippen LogP contribution in [0.25, 0.3) is 0 Å². The van der Waals surface area contributed by atoms with Crippen molar-refractivity contribution in [3.63, 3.8) is 0 Å². The molecule has 4 heteroatoms. The fourth-order valence-corrected chi connectivity index (χ4v) is 1.31. The van der Waals surface area contributed by atoms with E-state index in [1.165, 1.54) is 12.8 Å². The van der Waals surface area contributed by atoms with Crippen LogP contribution in [0.4, 0.5) is 0 Å². The molecule has 0 aliphatic carbocycles. The van der Waals surface area contributed by atoms with Crippen LogP contribution in [0.3, 0.4) is 0 Å². The molecular formula is C11H22N4. The maximum atomic E-state index is 4.39. The molecule has 0 fully saturated rings. The van der Waals surface area contributed by atoms with Crippen molar-refractivity contribution in [2.75, 3.05) is 6.54 Å². The molecule has 0 saturated heterocycles. The normalized spacial score (nSPS) is 11.2. The van der Waals surface area contributed by atoms with Gasteiger partial charge in [-0.15, -0.1) is 0 Å². The predicted molar refractivity (Wildman–Crippen MR) is 61.5 cm³/mol. The minimum Gasteiger partial charge on any atom is -0.310 e. The molecule has 0 saturated carbocycles. The van der Waals surface area contributed by atoms with Gasteiger partial charge in [0.15, 0.2) is 5.82 Å². The highest BCUT2D eigenvalue weighted by atomic mass is 15.3. The summed E-state index contributed by atoms with van der Waals surface area (Å²) in [6, 6.07) is 0. The lowest BCUT2D eigenvalue weighted by molar-refractivity contribution is 0.530. The van der Waals surface area contributed by atoms with E-state index in [2.05, 4.69) is 36.2 Å². The van der Waals surface area contributed by atoms with Crippen molar-refractivity contribution in [3.8, 4) is 0 Å². The average molecular weight is 210 g/mol. The Balaban J connectivity index is 2.26. The summed E-state index contributed by atoms with van der Waals surface area (Å²) in [4.78, 5) is 4.26. The Hall–Kier alpha value is -0.900. The van der Waals surface area contributed by atoms with Gasteiger partial charge in [-0.05, 0) is 18.9 Å². The quantitative estimate of drug-likeness (QED) is 0.746. The zero-order valence-electron chi connectivity index (χ0n) is 10.0. The van der Waals surface area contributed by atoms with Gasteiger partial charge in [0.25, 0.3) is 0 Å². The zero-order chi connectivity index (χ0) is 11.1. The fraction of sp³-hybridized carbons (Fsp3) is 0.818. The molecule has 4 nitrogen and oxygen atoms in total. The molecule has 0 aliphatic rings. The monoisotopic (exact) mass is 210 g/mol. The van der Waals surface area contributed by atoms with Gasteiger partial charge >= 0.3 is 0 Å². The second-order valence-electron chi connectivity index (χ2n) is 4.30. The molecule has 1 rings (SSSR count). The van der Waals surface area contributed by atoms with E-state index in [0.29, 0.717) is 5.92 Å². The van der Waals surface area contributed by atoms with E-state index >= 15 is 0 Å². The van der Waals surface area contributed by atoms with Crippen molar-refractivity contribution in [2.45, 2.75) is 46.7 Å². The highest BCUT2D eigenvalue weighted by Gasteiger charge is 2.00. The molecule has 0 radical (unpaired) electrons. The van der Waals surface area contributed by atoms with Gasteiger partial charge in [0.2, 0.25) is 0 Å². The van der Waals surface area contributed by atoms with Crippen LogP contribution in [-0.4, -0.2) is 21.3 Å². The number of nitrogens with zero attached hydrogens (tertiary/aromatic N) is 3. The summed E-state index contributed by atoms with van der Waals surface area (Å²) in [5, 5.41) is 7.72. The predicted octanol–water partition coefficient (Wildman–Crippen LogP) is 1.82. The number of unbranched alkanes of at least 4 members (excludes halogenated alkanes) is 1. The molecule has 0 amide bonds. The van der Waals surface area contributed by atoms with E-state index in [-0.39, 0.29) is 0 Å². The van der Waals surface area contributed by atoms with Crippen molar-refractivity contribution in [2.24, 2.45) is 5.92 Å². The van der Waals surface area contributed by atoms with E-state index in [1.807, 2.05) is 11.0 Å². The van der Waals surface area contributed by atoms with E-state index in [0.717, 1.165) is 25.5 Å². The third-order valence-corrected chi connectivity index (χ3v) is 2.16. The number of hydrogen-bond donors (Lipinski definition) is 1. The number of aromatic nitrogens is 3. The van der Waals surface area contributed by atoms with Gasteiger partial charge in [0, 0.05) is 6.54 Å². The Labute approximate surface area is 92.1 Å². The average Bonchev–Trinajstić information content (AvgIpc) is 2.62. The van der Waals surface area contributed by atoms with E-state index in [4.69, 9.17) is 0 Å². The molecule has 15 heavy (non-hydrogen) atoms. The Morgan fingerprint density at radius 3 is 2.93 bits per heavy atom. The van der Waals surface area contributed by atoms with Crippen LogP contribution in [0.5, 0.6) is 0 Å². The first kappa shape index (κ1) is 12.2. The molecule has 0 spiro atoms. The highest BCUT2D eigenvalue weighted by Crippen LogP contribution is 1.95. The number of rotatable bonds is 7. The van der Waals surface area contributed by atoms with Gasteiger partial charge in [0.1, 0.15) is 6.33 Å². The van der Waals surface area contributed by atoms with E-state index in [1.54, 1.807) is 0 Å². The fourth-order valence-electron chi connectivity index (χ4n) is 1.31. The van der Waals surface area contributed by atoms with Gasteiger partial charge in [-0.25, -0.2) is 4.98 Å². The smallest absolute Gasteiger partial charge is 0.164 e. The second-order valence-corrected chi connectivity index (χ2v) is 4.30. The first-order valence-electron chi connectivity index (χ1n) is 5.81. The first-order chi connectivity index (χ1) is 7.22. The second kappa shape index (κ2) is 6.56. The molecule has 0 unspecified atom stereocenters. The van der Waals surface area contributed by atoms with Crippen molar-refractivity contribution in [1.82, 2.24) is 20.1 Å². The zero-order valence-corrected chi connectivity index (χ0v) is 10.0. The number of aryl methyl sites for hydroxylation is 1. The summed E-state index contributed by atoms with van der Waals surface area (Å²) >= 11 is 0. The summed E-state index contributed by atoms with van der Waals surface area (Å²) in [6.07, 6.45) is 4.19. The first-order valence-corrected chi connectivity index (χ1v) is 5.81.